The molecule has 2 nitrogen and oxygen atoms in total. The van der Waals surface area contributed by atoms with Crippen LogP contribution in [0.5, 0.6) is 5.75 Å². The molecule has 0 aliphatic carbocycles. The molecule has 0 spiro atoms. The zero-order chi connectivity index (χ0) is 15.5. The average molecular weight is 294 g/mol. The molecule has 110 valence electrons. The van der Waals surface area contributed by atoms with Gasteiger partial charge in [0.25, 0.3) is 0 Å². The highest BCUT2D eigenvalue weighted by Crippen LogP contribution is 2.33. The molecule has 1 unspecified atom stereocenters. The lowest BCUT2D eigenvalue weighted by Crippen LogP contribution is -2.29. The number of rotatable bonds is 4. The van der Waals surface area contributed by atoms with Crippen LogP contribution in [0, 0.1) is 0 Å². The zero-order valence-corrected chi connectivity index (χ0v) is 11.2. The third-order valence-corrected chi connectivity index (χ3v) is 3.12. The Labute approximate surface area is 120 Å². The topological polar surface area (TPSA) is 26.3 Å². The summed E-state index contributed by atoms with van der Waals surface area (Å²) in [6.45, 7) is 0. The lowest BCUT2D eigenvalue weighted by atomic mass is 9.87. The van der Waals surface area contributed by atoms with Crippen LogP contribution < -0.4 is 4.74 Å². The minimum absolute atomic E-state index is 0.282. The van der Waals surface area contributed by atoms with Crippen LogP contribution in [0.4, 0.5) is 13.2 Å². The molecule has 0 heterocycles. The molecule has 0 aromatic heterocycles. The van der Waals surface area contributed by atoms with Crippen LogP contribution in [0.2, 0.25) is 0 Å². The number of methoxy groups -OCH3 is 1. The van der Waals surface area contributed by atoms with Gasteiger partial charge < -0.3 is 4.74 Å². The van der Waals surface area contributed by atoms with Gasteiger partial charge in [0.15, 0.2) is 0 Å². The highest BCUT2D eigenvalue weighted by molar-refractivity contribution is 5.93. The second-order valence-corrected chi connectivity index (χ2v) is 4.48. The summed E-state index contributed by atoms with van der Waals surface area (Å²) in [4.78, 5) is 11.8. The maximum Gasteiger partial charge on any atom is 0.450 e. The number of carbonyl (C=O) groups is 1. The molecule has 5 heteroatoms. The van der Waals surface area contributed by atoms with Crippen molar-refractivity contribution in [1.82, 2.24) is 0 Å². The van der Waals surface area contributed by atoms with Crippen molar-refractivity contribution in [3.63, 3.8) is 0 Å². The van der Waals surface area contributed by atoms with Crippen molar-refractivity contribution in [1.29, 1.82) is 0 Å². The van der Waals surface area contributed by atoms with Gasteiger partial charge in [-0.3, -0.25) is 4.79 Å². The molecule has 0 bridgehead atoms. The highest BCUT2D eigenvalue weighted by Gasteiger charge is 2.44. The predicted molar refractivity (Wildman–Crippen MR) is 72.3 cm³/mol. The Morgan fingerprint density at radius 3 is 1.95 bits per heavy atom. The number of hydrogen-bond donors (Lipinski definition) is 0. The quantitative estimate of drug-likeness (QED) is 0.853. The summed E-state index contributed by atoms with van der Waals surface area (Å²) in [6.07, 6.45) is -4.89. The van der Waals surface area contributed by atoms with E-state index in [4.69, 9.17) is 4.74 Å². The molecule has 0 fully saturated rings. The summed E-state index contributed by atoms with van der Waals surface area (Å²) in [7, 11) is 1.46. The third kappa shape index (κ3) is 3.42. The van der Waals surface area contributed by atoms with Crippen molar-refractivity contribution in [2.24, 2.45) is 0 Å². The molecule has 0 saturated carbocycles. The standard InChI is InChI=1S/C16H13F3O2/c1-21-13-9-7-12(8-10-13)14(15(20)16(17,18)19)11-5-3-2-4-6-11/h2-10,14H,1H3. The van der Waals surface area contributed by atoms with Crippen LogP contribution in [0.15, 0.2) is 54.6 Å². The van der Waals surface area contributed by atoms with Gasteiger partial charge in [0.05, 0.1) is 13.0 Å². The van der Waals surface area contributed by atoms with Crippen LogP contribution in [0.1, 0.15) is 17.0 Å². The number of halogens is 3. The van der Waals surface area contributed by atoms with E-state index >= 15 is 0 Å². The van der Waals surface area contributed by atoms with Crippen molar-refractivity contribution in [2.45, 2.75) is 12.1 Å². The van der Waals surface area contributed by atoms with E-state index in [1.165, 1.54) is 43.5 Å². The number of Topliss-reactive ketones (excluding diaryl/α,β-unsaturated/α-hetero) is 1. The van der Waals surface area contributed by atoms with Gasteiger partial charge in [0, 0.05) is 0 Å². The number of alkyl halides is 3. The smallest absolute Gasteiger partial charge is 0.450 e. The van der Waals surface area contributed by atoms with E-state index in [0.717, 1.165) is 0 Å². The fourth-order valence-electron chi connectivity index (χ4n) is 2.10. The summed E-state index contributed by atoms with van der Waals surface area (Å²) in [5.74, 6) is -2.62. The number of ketones is 1. The predicted octanol–water partition coefficient (Wildman–Crippen LogP) is 3.96. The second-order valence-electron chi connectivity index (χ2n) is 4.48. The van der Waals surface area contributed by atoms with E-state index in [-0.39, 0.29) is 5.56 Å². The SMILES string of the molecule is COc1ccc(C(C(=O)C(F)(F)F)c2ccccc2)cc1. The molecule has 2 rings (SSSR count). The van der Waals surface area contributed by atoms with Gasteiger partial charge in [-0.05, 0) is 23.3 Å². The maximum absolute atomic E-state index is 12.8. The lowest BCUT2D eigenvalue weighted by Gasteiger charge is -2.18. The van der Waals surface area contributed by atoms with Gasteiger partial charge >= 0.3 is 6.18 Å². The summed E-state index contributed by atoms with van der Waals surface area (Å²) in [5.41, 5.74) is 0.592. The molecule has 0 aliphatic heterocycles. The highest BCUT2D eigenvalue weighted by atomic mass is 19.4. The Morgan fingerprint density at radius 1 is 0.952 bits per heavy atom. The first-order valence-electron chi connectivity index (χ1n) is 6.23. The second kappa shape index (κ2) is 5.99. The molecule has 2 aromatic carbocycles. The monoisotopic (exact) mass is 294 g/mol. The van der Waals surface area contributed by atoms with E-state index < -0.39 is 17.9 Å². The molecule has 0 radical (unpaired) electrons. The van der Waals surface area contributed by atoms with E-state index in [9.17, 15) is 18.0 Å². The molecule has 0 aliphatic rings. The minimum Gasteiger partial charge on any atom is -0.497 e. The molecule has 1 atom stereocenters. The molecule has 21 heavy (non-hydrogen) atoms. The van der Waals surface area contributed by atoms with Crippen LogP contribution in [0.25, 0.3) is 0 Å². The van der Waals surface area contributed by atoms with E-state index in [2.05, 4.69) is 0 Å². The van der Waals surface area contributed by atoms with Crippen molar-refractivity contribution < 1.29 is 22.7 Å². The molecule has 0 saturated heterocycles. The average Bonchev–Trinajstić information content (AvgIpc) is 2.48. The van der Waals surface area contributed by atoms with Crippen LogP contribution in [-0.2, 0) is 4.79 Å². The number of ether oxygens (including phenoxy) is 1. The Morgan fingerprint density at radius 2 is 1.48 bits per heavy atom. The maximum atomic E-state index is 12.8. The fourth-order valence-corrected chi connectivity index (χ4v) is 2.10. The third-order valence-electron chi connectivity index (χ3n) is 3.12. The van der Waals surface area contributed by atoms with Crippen LogP contribution in [0.3, 0.4) is 0 Å². The number of benzene rings is 2. The normalized spacial score (nSPS) is 12.8. The van der Waals surface area contributed by atoms with Crippen molar-refractivity contribution in [2.75, 3.05) is 7.11 Å². The summed E-state index contributed by atoms with van der Waals surface area (Å²) >= 11 is 0. The number of carbonyl (C=O) groups excluding carboxylic acids is 1. The van der Waals surface area contributed by atoms with Gasteiger partial charge in [-0.1, -0.05) is 42.5 Å². The molecule has 0 N–H and O–H groups in total. The number of hydrogen-bond acceptors (Lipinski definition) is 2. The van der Waals surface area contributed by atoms with Crippen molar-refractivity contribution in [3.05, 3.63) is 65.7 Å². The lowest BCUT2D eigenvalue weighted by molar-refractivity contribution is -0.171. The Balaban J connectivity index is 2.47. The largest absolute Gasteiger partial charge is 0.497 e. The zero-order valence-electron chi connectivity index (χ0n) is 11.2. The first-order chi connectivity index (χ1) is 9.93. The fraction of sp³-hybridized carbons (Fsp3) is 0.188. The summed E-state index contributed by atoms with van der Waals surface area (Å²) in [6, 6.07) is 13.9. The summed E-state index contributed by atoms with van der Waals surface area (Å²) < 4.78 is 43.5. The first-order valence-corrected chi connectivity index (χ1v) is 6.23. The van der Waals surface area contributed by atoms with E-state index in [0.29, 0.717) is 11.3 Å². The van der Waals surface area contributed by atoms with Crippen molar-refractivity contribution in [3.8, 4) is 5.75 Å². The molecular weight excluding hydrogens is 281 g/mol. The van der Waals surface area contributed by atoms with E-state index in [1.807, 2.05) is 0 Å². The Kier molecular flexibility index (Phi) is 4.31. The van der Waals surface area contributed by atoms with Gasteiger partial charge in [0.2, 0.25) is 5.78 Å². The van der Waals surface area contributed by atoms with Gasteiger partial charge in [-0.15, -0.1) is 0 Å². The molecule has 0 amide bonds. The van der Waals surface area contributed by atoms with Gasteiger partial charge in [-0.25, -0.2) is 0 Å². The van der Waals surface area contributed by atoms with Crippen molar-refractivity contribution >= 4 is 5.78 Å². The van der Waals surface area contributed by atoms with Gasteiger partial charge in [-0.2, -0.15) is 13.2 Å². The van der Waals surface area contributed by atoms with Crippen LogP contribution >= 0.6 is 0 Å². The first kappa shape index (κ1) is 15.1. The van der Waals surface area contributed by atoms with Gasteiger partial charge in [0.1, 0.15) is 5.75 Å². The van der Waals surface area contributed by atoms with Crippen LogP contribution in [-0.4, -0.2) is 19.1 Å². The Bertz CT molecular complexity index is 604. The minimum atomic E-state index is -4.89. The molecule has 2 aromatic rings. The Hall–Kier alpha value is -2.30. The molecular formula is C16H13F3O2. The van der Waals surface area contributed by atoms with E-state index in [1.54, 1.807) is 18.2 Å². The summed E-state index contributed by atoms with van der Waals surface area (Å²) in [5, 5.41) is 0.